The highest BCUT2D eigenvalue weighted by atomic mass is 16.5. The van der Waals surface area contributed by atoms with Crippen LogP contribution in [0.25, 0.3) is 11.0 Å². The van der Waals surface area contributed by atoms with Crippen molar-refractivity contribution in [3.8, 4) is 23.8 Å². The molecular weight excluding hydrogens is 460 g/mol. The van der Waals surface area contributed by atoms with Gasteiger partial charge in [0.05, 0.1) is 29.1 Å². The van der Waals surface area contributed by atoms with E-state index in [0.717, 1.165) is 39.2 Å². The van der Waals surface area contributed by atoms with Crippen LogP contribution in [0.1, 0.15) is 29.2 Å². The van der Waals surface area contributed by atoms with Crippen LogP contribution in [0.4, 0.5) is 11.6 Å². The Balaban J connectivity index is 1.53. The van der Waals surface area contributed by atoms with Crippen LogP contribution in [-0.4, -0.2) is 14.5 Å². The molecule has 0 aliphatic heterocycles. The number of nitrogens with one attached hydrogen (secondary N) is 1. The highest BCUT2D eigenvalue weighted by Gasteiger charge is 2.34. The summed E-state index contributed by atoms with van der Waals surface area (Å²) in [5.74, 6) is 1.31. The van der Waals surface area contributed by atoms with Crippen molar-refractivity contribution in [3.63, 3.8) is 0 Å². The smallest absolute Gasteiger partial charge is 0.249 e. The van der Waals surface area contributed by atoms with E-state index in [0.29, 0.717) is 17.4 Å². The van der Waals surface area contributed by atoms with Crippen molar-refractivity contribution in [1.29, 1.82) is 10.5 Å². The third-order valence-electron chi connectivity index (χ3n) is 6.88. The molecule has 0 fully saturated rings. The molecule has 182 valence electrons. The summed E-state index contributed by atoms with van der Waals surface area (Å²) in [4.78, 5) is 9.36. The zero-order chi connectivity index (χ0) is 26.2. The quantitative estimate of drug-likeness (QED) is 0.345. The van der Waals surface area contributed by atoms with Gasteiger partial charge in [-0.2, -0.15) is 15.5 Å². The lowest BCUT2D eigenvalue weighted by Gasteiger charge is -2.32. The average Bonchev–Trinajstić information content (AvgIpc) is 3.27. The van der Waals surface area contributed by atoms with E-state index in [-0.39, 0.29) is 5.92 Å². The largest absolute Gasteiger partial charge is 0.436 e. The number of aryl methyl sites for hydroxylation is 3. The second kappa shape index (κ2) is 9.29. The Kier molecular flexibility index (Phi) is 5.99. The molecule has 4 aromatic rings. The fourth-order valence-corrected chi connectivity index (χ4v) is 4.75. The summed E-state index contributed by atoms with van der Waals surface area (Å²) in [6.45, 7) is 6.12. The molecular formula is C30H26N6O. The fourth-order valence-electron chi connectivity index (χ4n) is 4.75. The minimum atomic E-state index is -0.421. The maximum atomic E-state index is 9.74. The van der Waals surface area contributed by atoms with Gasteiger partial charge in [-0.3, -0.25) is 0 Å². The molecule has 7 heteroatoms. The molecule has 1 aliphatic rings. The minimum Gasteiger partial charge on any atom is -0.436 e. The molecule has 2 heterocycles. The van der Waals surface area contributed by atoms with Gasteiger partial charge in [0.2, 0.25) is 11.8 Å². The van der Waals surface area contributed by atoms with Gasteiger partial charge in [0.25, 0.3) is 0 Å². The van der Waals surface area contributed by atoms with Crippen molar-refractivity contribution in [2.24, 2.45) is 13.0 Å². The minimum absolute atomic E-state index is 0.246. The summed E-state index contributed by atoms with van der Waals surface area (Å²) in [6.07, 6.45) is 9.89. The van der Waals surface area contributed by atoms with Crippen molar-refractivity contribution in [1.82, 2.24) is 14.5 Å². The number of rotatable bonds is 5. The van der Waals surface area contributed by atoms with E-state index in [2.05, 4.69) is 47.6 Å². The zero-order valence-corrected chi connectivity index (χ0v) is 21.1. The standard InChI is InChI=1S/C30H26N6O/c1-19-15-23(30(3)13-6-5-7-22(30)18-32)16-20(2)27(19)37-28-26-25(12-14-36(26)4)34-29(35-28)33-24-10-8-21(17-31)9-11-24/h5-16,22H,1-4H3,(H,33,34,35). The van der Waals surface area contributed by atoms with Crippen molar-refractivity contribution in [2.45, 2.75) is 26.2 Å². The second-order valence-corrected chi connectivity index (χ2v) is 9.50. The van der Waals surface area contributed by atoms with Gasteiger partial charge < -0.3 is 14.6 Å². The Hall–Kier alpha value is -4.88. The molecule has 5 rings (SSSR count). The first-order valence-corrected chi connectivity index (χ1v) is 12.0. The number of anilines is 2. The van der Waals surface area contributed by atoms with E-state index < -0.39 is 5.41 Å². The Morgan fingerprint density at radius 1 is 1.03 bits per heavy atom. The van der Waals surface area contributed by atoms with E-state index in [1.54, 1.807) is 12.1 Å². The number of allylic oxidation sites excluding steroid dienone is 4. The van der Waals surface area contributed by atoms with Gasteiger partial charge in [-0.15, -0.1) is 0 Å². The number of hydrogen-bond donors (Lipinski definition) is 1. The lowest BCUT2D eigenvalue weighted by Crippen LogP contribution is -2.29. The van der Waals surface area contributed by atoms with Crippen LogP contribution in [-0.2, 0) is 12.5 Å². The lowest BCUT2D eigenvalue weighted by molar-refractivity contribution is 0.456. The Morgan fingerprint density at radius 2 is 1.76 bits per heavy atom. The summed E-state index contributed by atoms with van der Waals surface area (Å²) >= 11 is 0. The molecule has 37 heavy (non-hydrogen) atoms. The van der Waals surface area contributed by atoms with Gasteiger partial charge in [0.15, 0.2) is 0 Å². The number of aromatic nitrogens is 3. The molecule has 2 atom stereocenters. The van der Waals surface area contributed by atoms with Crippen LogP contribution in [0.15, 0.2) is 73.0 Å². The summed E-state index contributed by atoms with van der Waals surface area (Å²) in [6, 6.07) is 17.8. The summed E-state index contributed by atoms with van der Waals surface area (Å²) in [5, 5.41) is 22.0. The average molecular weight is 487 g/mol. The molecule has 1 aliphatic carbocycles. The molecule has 0 amide bonds. The van der Waals surface area contributed by atoms with Crippen LogP contribution in [0, 0.1) is 42.4 Å². The second-order valence-electron chi connectivity index (χ2n) is 9.50. The number of benzene rings is 2. The Labute approximate surface area is 216 Å². The predicted octanol–water partition coefficient (Wildman–Crippen LogP) is 6.52. The molecule has 0 saturated carbocycles. The van der Waals surface area contributed by atoms with Gasteiger partial charge in [-0.25, -0.2) is 4.98 Å². The van der Waals surface area contributed by atoms with E-state index in [1.807, 2.05) is 68.1 Å². The highest BCUT2D eigenvalue weighted by molar-refractivity contribution is 5.82. The van der Waals surface area contributed by atoms with E-state index in [9.17, 15) is 5.26 Å². The van der Waals surface area contributed by atoms with Crippen molar-refractivity contribution < 1.29 is 4.74 Å². The lowest BCUT2D eigenvalue weighted by atomic mass is 9.69. The topological polar surface area (TPSA) is 99.5 Å². The molecule has 7 nitrogen and oxygen atoms in total. The maximum Gasteiger partial charge on any atom is 0.249 e. The molecule has 2 unspecified atom stereocenters. The summed E-state index contributed by atoms with van der Waals surface area (Å²) < 4.78 is 8.42. The van der Waals surface area contributed by atoms with Crippen molar-refractivity contribution in [3.05, 3.63) is 95.2 Å². The van der Waals surface area contributed by atoms with Crippen LogP contribution in [0.3, 0.4) is 0 Å². The third kappa shape index (κ3) is 4.32. The fraction of sp³-hybridized carbons (Fsp3) is 0.200. The number of nitriles is 2. The van der Waals surface area contributed by atoms with E-state index in [1.165, 1.54) is 0 Å². The van der Waals surface area contributed by atoms with Crippen molar-refractivity contribution >= 4 is 22.7 Å². The monoisotopic (exact) mass is 486 g/mol. The first kappa shape index (κ1) is 23.8. The van der Waals surface area contributed by atoms with Crippen LogP contribution < -0.4 is 10.1 Å². The van der Waals surface area contributed by atoms with E-state index >= 15 is 0 Å². The summed E-state index contributed by atoms with van der Waals surface area (Å²) in [7, 11) is 1.93. The summed E-state index contributed by atoms with van der Waals surface area (Å²) in [5.41, 5.74) is 5.44. The van der Waals surface area contributed by atoms with Crippen LogP contribution >= 0.6 is 0 Å². The first-order chi connectivity index (χ1) is 17.8. The SMILES string of the molecule is Cc1cc(C2(C)C=CC=CC2C#N)cc(C)c1Oc1nc(Nc2ccc(C#N)cc2)nc2ccn(C)c12. The van der Waals surface area contributed by atoms with E-state index in [4.69, 9.17) is 15.0 Å². The van der Waals surface area contributed by atoms with Gasteiger partial charge in [0, 0.05) is 24.3 Å². The number of hydrogen-bond acceptors (Lipinski definition) is 6. The molecule has 1 N–H and O–H groups in total. The highest BCUT2D eigenvalue weighted by Crippen LogP contribution is 2.41. The zero-order valence-electron chi connectivity index (χ0n) is 21.1. The number of nitrogens with zero attached hydrogens (tertiary/aromatic N) is 5. The molecule has 0 spiro atoms. The molecule has 2 aromatic heterocycles. The van der Waals surface area contributed by atoms with Gasteiger partial charge >= 0.3 is 0 Å². The van der Waals surface area contributed by atoms with Crippen LogP contribution in [0.2, 0.25) is 0 Å². The van der Waals surface area contributed by atoms with Crippen LogP contribution in [0.5, 0.6) is 11.6 Å². The normalized spacial score (nSPS) is 18.4. The third-order valence-corrected chi connectivity index (χ3v) is 6.88. The van der Waals surface area contributed by atoms with Gasteiger partial charge in [-0.05, 0) is 60.9 Å². The first-order valence-electron chi connectivity index (χ1n) is 12.0. The molecule has 0 saturated heterocycles. The molecule has 0 radical (unpaired) electrons. The maximum absolute atomic E-state index is 9.74. The van der Waals surface area contributed by atoms with Gasteiger partial charge in [0.1, 0.15) is 11.3 Å². The Morgan fingerprint density at radius 3 is 2.43 bits per heavy atom. The molecule has 2 aromatic carbocycles. The molecule has 0 bridgehead atoms. The van der Waals surface area contributed by atoms with Gasteiger partial charge in [-0.1, -0.05) is 43.4 Å². The predicted molar refractivity (Wildman–Crippen MR) is 144 cm³/mol. The number of fused-ring (bicyclic) bond motifs is 1. The van der Waals surface area contributed by atoms with Crippen molar-refractivity contribution in [2.75, 3.05) is 5.32 Å². The number of ether oxygens (including phenoxy) is 1. The Bertz CT molecular complexity index is 1630.